The molecule has 2 unspecified atom stereocenters. The summed E-state index contributed by atoms with van der Waals surface area (Å²) in [6.45, 7) is 0. The molecule has 4 nitrogen and oxygen atoms in total. The lowest BCUT2D eigenvalue weighted by Gasteiger charge is -2.19. The van der Waals surface area contributed by atoms with E-state index in [1.807, 2.05) is 6.26 Å². The van der Waals surface area contributed by atoms with E-state index in [2.05, 4.69) is 9.71 Å². The largest absolute Gasteiger partial charge is 0.243 e. The summed E-state index contributed by atoms with van der Waals surface area (Å²) in [4.78, 5) is 3.85. The highest BCUT2D eigenvalue weighted by atomic mass is 35.5. The number of hydrogen-bond acceptors (Lipinski definition) is 4. The van der Waals surface area contributed by atoms with Crippen LogP contribution in [0.15, 0.2) is 23.2 Å². The minimum absolute atomic E-state index is 0.0127. The monoisotopic (exact) mass is 306 g/mol. The zero-order chi connectivity index (χ0) is 13.2. The first kappa shape index (κ1) is 14.1. The van der Waals surface area contributed by atoms with Crippen molar-refractivity contribution in [1.29, 1.82) is 0 Å². The number of nitrogens with zero attached hydrogens (tertiary/aromatic N) is 1. The van der Waals surface area contributed by atoms with Crippen molar-refractivity contribution in [3.05, 3.63) is 23.5 Å². The van der Waals surface area contributed by atoms with Crippen molar-refractivity contribution >= 4 is 33.4 Å². The molecule has 1 heterocycles. The first-order valence-electron chi connectivity index (χ1n) is 5.70. The van der Waals surface area contributed by atoms with E-state index < -0.39 is 10.0 Å². The molecule has 0 amide bonds. The van der Waals surface area contributed by atoms with Gasteiger partial charge in [-0.05, 0) is 31.2 Å². The Labute approximate surface area is 117 Å². The summed E-state index contributed by atoms with van der Waals surface area (Å²) >= 11 is 7.53. The van der Waals surface area contributed by atoms with Crippen LogP contribution in [-0.2, 0) is 10.0 Å². The summed E-state index contributed by atoms with van der Waals surface area (Å²) in [6, 6.07) is 3.03. The highest BCUT2D eigenvalue weighted by Gasteiger charge is 2.31. The van der Waals surface area contributed by atoms with E-state index >= 15 is 0 Å². The van der Waals surface area contributed by atoms with Crippen LogP contribution in [0.5, 0.6) is 0 Å². The van der Waals surface area contributed by atoms with Gasteiger partial charge in [0.05, 0.1) is 0 Å². The van der Waals surface area contributed by atoms with Crippen molar-refractivity contribution in [2.45, 2.75) is 35.4 Å². The van der Waals surface area contributed by atoms with E-state index in [0.717, 1.165) is 19.3 Å². The average molecular weight is 307 g/mol. The van der Waals surface area contributed by atoms with Gasteiger partial charge in [0, 0.05) is 17.5 Å². The van der Waals surface area contributed by atoms with Gasteiger partial charge in [-0.2, -0.15) is 11.8 Å². The lowest BCUT2D eigenvalue weighted by atomic mass is 10.3. The van der Waals surface area contributed by atoms with Crippen LogP contribution in [-0.4, -0.2) is 30.9 Å². The van der Waals surface area contributed by atoms with Crippen LogP contribution in [0.2, 0.25) is 5.15 Å². The third kappa shape index (κ3) is 2.99. The van der Waals surface area contributed by atoms with Crippen LogP contribution >= 0.6 is 23.4 Å². The number of hydrogen-bond donors (Lipinski definition) is 1. The van der Waals surface area contributed by atoms with Gasteiger partial charge in [-0.15, -0.1) is 0 Å². The minimum Gasteiger partial charge on any atom is -0.243 e. The number of halogens is 1. The van der Waals surface area contributed by atoms with Gasteiger partial charge in [0.15, 0.2) is 0 Å². The summed E-state index contributed by atoms with van der Waals surface area (Å²) in [5.74, 6) is 0. The molecule has 0 radical (unpaired) electrons. The van der Waals surface area contributed by atoms with Crippen LogP contribution in [0.1, 0.15) is 19.3 Å². The maximum atomic E-state index is 12.2. The molecule has 1 aliphatic rings. The van der Waals surface area contributed by atoms with Crippen LogP contribution in [0.25, 0.3) is 0 Å². The molecule has 0 bridgehead atoms. The third-order valence-corrected chi connectivity index (χ3v) is 6.18. The Hall–Kier alpha value is -0.300. The molecule has 1 aromatic rings. The molecule has 18 heavy (non-hydrogen) atoms. The number of nitrogens with one attached hydrogen (secondary N) is 1. The molecule has 0 saturated heterocycles. The van der Waals surface area contributed by atoms with Crippen LogP contribution in [0, 0.1) is 0 Å². The van der Waals surface area contributed by atoms with Gasteiger partial charge in [0.1, 0.15) is 10.0 Å². The molecule has 1 aliphatic carbocycles. The summed E-state index contributed by atoms with van der Waals surface area (Å²) in [5.41, 5.74) is 0. The SMILES string of the molecule is CSC1CCCC1NS(=O)(=O)c1cccnc1Cl. The Morgan fingerprint density at radius 3 is 2.94 bits per heavy atom. The predicted octanol–water partition coefficient (Wildman–Crippen LogP) is 2.30. The summed E-state index contributed by atoms with van der Waals surface area (Å²) in [7, 11) is -3.58. The molecule has 100 valence electrons. The third-order valence-electron chi connectivity index (χ3n) is 3.08. The minimum atomic E-state index is -3.58. The van der Waals surface area contributed by atoms with Crippen molar-refractivity contribution in [3.63, 3.8) is 0 Å². The van der Waals surface area contributed by atoms with Gasteiger partial charge in [-0.25, -0.2) is 18.1 Å². The number of thioether (sulfide) groups is 1. The van der Waals surface area contributed by atoms with Crippen molar-refractivity contribution in [2.75, 3.05) is 6.26 Å². The fourth-order valence-electron chi connectivity index (χ4n) is 2.18. The van der Waals surface area contributed by atoms with Gasteiger partial charge in [-0.3, -0.25) is 0 Å². The molecule has 2 atom stereocenters. The average Bonchev–Trinajstić information content (AvgIpc) is 2.76. The second-order valence-corrected chi connectivity index (χ2v) is 7.34. The molecule has 1 saturated carbocycles. The Bertz CT molecular complexity index is 522. The van der Waals surface area contributed by atoms with E-state index in [4.69, 9.17) is 11.6 Å². The van der Waals surface area contributed by atoms with Crippen molar-refractivity contribution in [3.8, 4) is 0 Å². The van der Waals surface area contributed by atoms with Crippen LogP contribution in [0.4, 0.5) is 0 Å². The molecule has 0 aromatic carbocycles. The predicted molar refractivity (Wildman–Crippen MR) is 74.5 cm³/mol. The number of aromatic nitrogens is 1. The van der Waals surface area contributed by atoms with E-state index in [0.29, 0.717) is 5.25 Å². The molecular formula is C11H15ClN2O2S2. The maximum absolute atomic E-state index is 12.2. The number of sulfonamides is 1. The van der Waals surface area contributed by atoms with Gasteiger partial charge < -0.3 is 0 Å². The fraction of sp³-hybridized carbons (Fsp3) is 0.545. The molecule has 0 spiro atoms. The molecule has 1 aromatic heterocycles. The highest BCUT2D eigenvalue weighted by molar-refractivity contribution is 7.99. The first-order chi connectivity index (χ1) is 8.54. The van der Waals surface area contributed by atoms with Crippen molar-refractivity contribution in [1.82, 2.24) is 9.71 Å². The maximum Gasteiger partial charge on any atom is 0.243 e. The smallest absolute Gasteiger partial charge is 0.243 e. The standard InChI is InChI=1S/C11H15ClN2O2S2/c1-17-9-5-2-4-8(9)14-18(15,16)10-6-3-7-13-11(10)12/h3,6-9,14H,2,4-5H2,1H3. The molecular weight excluding hydrogens is 292 g/mol. The number of pyridine rings is 1. The normalized spacial score (nSPS) is 24.3. The van der Waals surface area contributed by atoms with E-state index in [1.165, 1.54) is 12.3 Å². The molecule has 1 fully saturated rings. The quantitative estimate of drug-likeness (QED) is 0.867. The molecule has 0 aliphatic heterocycles. The topological polar surface area (TPSA) is 59.1 Å². The highest BCUT2D eigenvalue weighted by Crippen LogP contribution is 2.30. The zero-order valence-electron chi connectivity index (χ0n) is 9.97. The summed E-state index contributed by atoms with van der Waals surface area (Å²) in [6.07, 6.45) is 6.47. The lowest BCUT2D eigenvalue weighted by molar-refractivity contribution is 0.555. The number of rotatable bonds is 4. The van der Waals surface area contributed by atoms with Gasteiger partial charge in [-0.1, -0.05) is 18.0 Å². The van der Waals surface area contributed by atoms with E-state index in [9.17, 15) is 8.42 Å². The first-order valence-corrected chi connectivity index (χ1v) is 8.85. The van der Waals surface area contributed by atoms with Crippen LogP contribution < -0.4 is 4.72 Å². The van der Waals surface area contributed by atoms with Crippen molar-refractivity contribution < 1.29 is 8.42 Å². The molecule has 1 N–H and O–H groups in total. The summed E-state index contributed by atoms with van der Waals surface area (Å²) in [5, 5.41) is 0.360. The lowest BCUT2D eigenvalue weighted by Crippen LogP contribution is -2.38. The zero-order valence-corrected chi connectivity index (χ0v) is 12.4. The van der Waals surface area contributed by atoms with Gasteiger partial charge in [0.25, 0.3) is 0 Å². The molecule has 2 rings (SSSR count). The van der Waals surface area contributed by atoms with Crippen LogP contribution in [0.3, 0.4) is 0 Å². The van der Waals surface area contributed by atoms with Crippen molar-refractivity contribution in [2.24, 2.45) is 0 Å². The Morgan fingerprint density at radius 1 is 1.50 bits per heavy atom. The summed E-state index contributed by atoms with van der Waals surface area (Å²) < 4.78 is 27.2. The van der Waals surface area contributed by atoms with E-state index in [1.54, 1.807) is 17.8 Å². The van der Waals surface area contributed by atoms with Gasteiger partial charge >= 0.3 is 0 Å². The van der Waals surface area contributed by atoms with E-state index in [-0.39, 0.29) is 16.1 Å². The second-order valence-electron chi connectivity index (χ2n) is 4.23. The fourth-order valence-corrected chi connectivity index (χ4v) is 4.96. The Balaban J connectivity index is 2.20. The van der Waals surface area contributed by atoms with Gasteiger partial charge in [0.2, 0.25) is 10.0 Å². The molecule has 7 heteroatoms. The Morgan fingerprint density at radius 2 is 2.28 bits per heavy atom. The Kier molecular flexibility index (Phi) is 4.53. The second kappa shape index (κ2) is 5.77.